The van der Waals surface area contributed by atoms with E-state index in [0.717, 1.165) is 12.8 Å². The van der Waals surface area contributed by atoms with E-state index in [1.165, 1.54) is 17.5 Å². The minimum atomic E-state index is -3.68. The first-order chi connectivity index (χ1) is 17.9. The number of benzene rings is 2. The molecule has 2 aromatic carbocycles. The predicted molar refractivity (Wildman–Crippen MR) is 137 cm³/mol. The van der Waals surface area contributed by atoms with Crippen molar-refractivity contribution in [3.8, 4) is 5.75 Å². The molecule has 2 N–H and O–H groups in total. The Morgan fingerprint density at radius 3 is 2.62 bits per heavy atom. The highest BCUT2D eigenvalue weighted by Crippen LogP contribution is 2.26. The van der Waals surface area contributed by atoms with Crippen molar-refractivity contribution in [3.05, 3.63) is 53.6 Å². The van der Waals surface area contributed by atoms with Gasteiger partial charge in [-0.15, -0.1) is 0 Å². The third-order valence-electron chi connectivity index (χ3n) is 6.44. The van der Waals surface area contributed by atoms with Crippen LogP contribution in [0.2, 0.25) is 0 Å². The molecule has 0 aromatic heterocycles. The molecule has 2 amide bonds. The fraction of sp³-hybridized carbons (Fsp3) is 0.462. The Bertz CT molecular complexity index is 1210. The van der Waals surface area contributed by atoms with Gasteiger partial charge in [0.1, 0.15) is 5.75 Å². The topological polar surface area (TPSA) is 123 Å². The van der Waals surface area contributed by atoms with Gasteiger partial charge in [-0.05, 0) is 55.2 Å². The molecule has 0 saturated carbocycles. The fourth-order valence-corrected chi connectivity index (χ4v) is 5.86. The van der Waals surface area contributed by atoms with Crippen LogP contribution in [0.1, 0.15) is 35.2 Å². The van der Waals surface area contributed by atoms with Crippen LogP contribution in [0.15, 0.2) is 47.4 Å². The fourth-order valence-electron chi connectivity index (χ4n) is 4.40. The Labute approximate surface area is 217 Å². The van der Waals surface area contributed by atoms with Crippen molar-refractivity contribution in [3.63, 3.8) is 0 Å². The van der Waals surface area contributed by atoms with E-state index in [4.69, 9.17) is 14.2 Å². The Balaban J connectivity index is 1.40. The van der Waals surface area contributed by atoms with Gasteiger partial charge in [0.05, 0.1) is 42.6 Å². The molecule has 2 fully saturated rings. The number of nitrogens with zero attached hydrogens (tertiary/aromatic N) is 1. The first-order valence-corrected chi connectivity index (χ1v) is 13.9. The molecule has 10 nitrogen and oxygen atoms in total. The summed E-state index contributed by atoms with van der Waals surface area (Å²) in [5.41, 5.74) is 1.38. The molecule has 1 atom stereocenters. The summed E-state index contributed by atoms with van der Waals surface area (Å²) in [5.74, 6) is -0.0837. The van der Waals surface area contributed by atoms with E-state index in [2.05, 4.69) is 10.6 Å². The molecule has 2 heterocycles. The van der Waals surface area contributed by atoms with Crippen molar-refractivity contribution in [2.45, 2.75) is 36.7 Å². The lowest BCUT2D eigenvalue weighted by Crippen LogP contribution is -2.40. The van der Waals surface area contributed by atoms with Gasteiger partial charge in [0.25, 0.3) is 5.91 Å². The van der Waals surface area contributed by atoms with Gasteiger partial charge in [-0.25, -0.2) is 8.42 Å². The molecular weight excluding hydrogens is 498 g/mol. The first-order valence-electron chi connectivity index (χ1n) is 12.4. The van der Waals surface area contributed by atoms with Crippen LogP contribution >= 0.6 is 0 Å². The SMILES string of the molecule is COc1ccc(S(=O)(=O)N2CCOCC2)cc1CCC(=O)Nc1ccccc1C(=O)NC[C@@H]1CCCO1. The second-order valence-corrected chi connectivity index (χ2v) is 10.9. The highest BCUT2D eigenvalue weighted by atomic mass is 32.2. The number of hydrogen-bond acceptors (Lipinski definition) is 7. The van der Waals surface area contributed by atoms with E-state index in [-0.39, 0.29) is 35.7 Å². The van der Waals surface area contributed by atoms with Crippen molar-refractivity contribution < 1.29 is 32.2 Å². The van der Waals surface area contributed by atoms with Gasteiger partial charge >= 0.3 is 0 Å². The number of morpholine rings is 1. The number of sulfonamides is 1. The number of nitrogens with one attached hydrogen (secondary N) is 2. The minimum absolute atomic E-state index is 0.0171. The normalized spacial score (nSPS) is 18.4. The number of amides is 2. The number of rotatable bonds is 10. The van der Waals surface area contributed by atoms with Crippen LogP contribution < -0.4 is 15.4 Å². The Morgan fingerprint density at radius 1 is 1.11 bits per heavy atom. The van der Waals surface area contributed by atoms with Gasteiger partial charge in [-0.2, -0.15) is 4.31 Å². The third kappa shape index (κ3) is 6.86. The first kappa shape index (κ1) is 27.1. The summed E-state index contributed by atoms with van der Waals surface area (Å²) in [6.07, 6.45) is 2.25. The molecule has 37 heavy (non-hydrogen) atoms. The van der Waals surface area contributed by atoms with E-state index < -0.39 is 10.0 Å². The zero-order valence-corrected chi connectivity index (χ0v) is 21.7. The number of anilines is 1. The smallest absolute Gasteiger partial charge is 0.253 e. The van der Waals surface area contributed by atoms with Gasteiger partial charge in [-0.1, -0.05) is 12.1 Å². The number of methoxy groups -OCH3 is 1. The maximum atomic E-state index is 13.1. The zero-order chi connectivity index (χ0) is 26.3. The molecule has 0 spiro atoms. The van der Waals surface area contributed by atoms with Crippen LogP contribution in [0.3, 0.4) is 0 Å². The predicted octanol–water partition coefficient (Wildman–Crippen LogP) is 2.20. The van der Waals surface area contributed by atoms with Gasteiger partial charge < -0.3 is 24.8 Å². The Kier molecular flexibility index (Phi) is 9.14. The zero-order valence-electron chi connectivity index (χ0n) is 20.9. The molecular formula is C26H33N3O7S. The summed E-state index contributed by atoms with van der Waals surface area (Å²) in [7, 11) is -2.18. The number of ether oxygens (including phenoxy) is 3. The van der Waals surface area contributed by atoms with Crippen molar-refractivity contribution in [2.75, 3.05) is 51.9 Å². The van der Waals surface area contributed by atoms with E-state index in [1.807, 2.05) is 0 Å². The summed E-state index contributed by atoms with van der Waals surface area (Å²) in [6.45, 7) is 2.44. The van der Waals surface area contributed by atoms with Crippen molar-refractivity contribution >= 4 is 27.5 Å². The number of carbonyl (C=O) groups excluding carboxylic acids is 2. The molecule has 0 aliphatic carbocycles. The van der Waals surface area contributed by atoms with Crippen LogP contribution in [0.4, 0.5) is 5.69 Å². The molecule has 2 aliphatic heterocycles. The Morgan fingerprint density at radius 2 is 1.89 bits per heavy atom. The van der Waals surface area contributed by atoms with Crippen LogP contribution in [0.5, 0.6) is 5.75 Å². The molecule has 11 heteroatoms. The number of aryl methyl sites for hydroxylation is 1. The molecule has 200 valence electrons. The second-order valence-electron chi connectivity index (χ2n) is 8.93. The lowest BCUT2D eigenvalue weighted by Gasteiger charge is -2.26. The molecule has 0 unspecified atom stereocenters. The molecule has 2 saturated heterocycles. The van der Waals surface area contributed by atoms with E-state index in [0.29, 0.717) is 62.0 Å². The molecule has 0 radical (unpaired) electrons. The maximum Gasteiger partial charge on any atom is 0.253 e. The highest BCUT2D eigenvalue weighted by Gasteiger charge is 2.27. The lowest BCUT2D eigenvalue weighted by molar-refractivity contribution is -0.116. The molecule has 0 bridgehead atoms. The summed E-state index contributed by atoms with van der Waals surface area (Å²) < 4.78 is 43.7. The number of hydrogen-bond donors (Lipinski definition) is 2. The number of para-hydroxylation sites is 1. The Hall–Kier alpha value is -2.99. The largest absolute Gasteiger partial charge is 0.496 e. The van der Waals surface area contributed by atoms with E-state index >= 15 is 0 Å². The third-order valence-corrected chi connectivity index (χ3v) is 8.34. The average Bonchev–Trinajstić information content (AvgIpc) is 3.45. The summed E-state index contributed by atoms with van der Waals surface area (Å²) in [4.78, 5) is 25.7. The van der Waals surface area contributed by atoms with Crippen molar-refractivity contribution in [1.29, 1.82) is 0 Å². The van der Waals surface area contributed by atoms with Crippen molar-refractivity contribution in [1.82, 2.24) is 9.62 Å². The van der Waals surface area contributed by atoms with Crippen LogP contribution in [-0.4, -0.2) is 77.2 Å². The number of carbonyl (C=O) groups is 2. The maximum absolute atomic E-state index is 13.1. The van der Waals surface area contributed by atoms with E-state index in [9.17, 15) is 18.0 Å². The molecule has 2 aromatic rings. The second kappa shape index (κ2) is 12.5. The standard InChI is InChI=1S/C26H33N3O7S/c1-34-24-10-9-21(37(32,33)29-12-15-35-16-13-29)17-19(24)8-11-25(30)28-23-7-3-2-6-22(23)26(31)27-18-20-5-4-14-36-20/h2-3,6-7,9-10,17,20H,4-5,8,11-16,18H2,1H3,(H,27,31)(H,28,30)/t20-/m0/s1. The summed E-state index contributed by atoms with van der Waals surface area (Å²) in [6, 6.07) is 11.5. The molecule has 2 aliphatic rings. The lowest BCUT2D eigenvalue weighted by atomic mass is 10.1. The van der Waals surface area contributed by atoms with Crippen LogP contribution in [-0.2, 0) is 30.7 Å². The highest BCUT2D eigenvalue weighted by molar-refractivity contribution is 7.89. The van der Waals surface area contributed by atoms with Gasteiger partial charge in [-0.3, -0.25) is 9.59 Å². The van der Waals surface area contributed by atoms with E-state index in [1.54, 1.807) is 36.4 Å². The van der Waals surface area contributed by atoms with Crippen LogP contribution in [0, 0.1) is 0 Å². The summed E-state index contributed by atoms with van der Waals surface area (Å²) >= 11 is 0. The van der Waals surface area contributed by atoms with Gasteiger partial charge in [0, 0.05) is 32.7 Å². The van der Waals surface area contributed by atoms with Gasteiger partial charge in [0.2, 0.25) is 15.9 Å². The summed E-state index contributed by atoms with van der Waals surface area (Å²) in [5, 5.41) is 5.69. The van der Waals surface area contributed by atoms with Crippen LogP contribution in [0.25, 0.3) is 0 Å². The average molecular weight is 532 g/mol. The van der Waals surface area contributed by atoms with Crippen molar-refractivity contribution in [2.24, 2.45) is 0 Å². The quantitative estimate of drug-likeness (QED) is 0.482. The minimum Gasteiger partial charge on any atom is -0.496 e. The van der Waals surface area contributed by atoms with Gasteiger partial charge in [0.15, 0.2) is 0 Å². The molecule has 4 rings (SSSR count). The monoisotopic (exact) mass is 531 g/mol.